The molecular formula is C14H20N4. The molecule has 0 aliphatic rings. The van der Waals surface area contributed by atoms with Crippen molar-refractivity contribution in [2.45, 2.75) is 12.6 Å². The van der Waals surface area contributed by atoms with Gasteiger partial charge in [-0.3, -0.25) is 9.58 Å². The molecular weight excluding hydrogens is 224 g/mol. The molecule has 0 amide bonds. The van der Waals surface area contributed by atoms with Gasteiger partial charge in [0.1, 0.15) is 0 Å². The Morgan fingerprint density at radius 1 is 1.33 bits per heavy atom. The van der Waals surface area contributed by atoms with E-state index in [0.29, 0.717) is 6.54 Å². The van der Waals surface area contributed by atoms with Crippen LogP contribution in [0.15, 0.2) is 42.7 Å². The van der Waals surface area contributed by atoms with Gasteiger partial charge in [-0.25, -0.2) is 0 Å². The summed E-state index contributed by atoms with van der Waals surface area (Å²) in [4.78, 5) is 2.26. The number of hydrogen-bond donors (Lipinski definition) is 1. The van der Waals surface area contributed by atoms with Crippen molar-refractivity contribution in [3.63, 3.8) is 0 Å². The van der Waals surface area contributed by atoms with E-state index in [0.717, 1.165) is 6.54 Å². The number of aromatic nitrogens is 2. The molecule has 0 aliphatic carbocycles. The van der Waals surface area contributed by atoms with Crippen LogP contribution in [0.2, 0.25) is 0 Å². The van der Waals surface area contributed by atoms with E-state index in [1.165, 1.54) is 11.1 Å². The van der Waals surface area contributed by atoms with E-state index >= 15 is 0 Å². The lowest BCUT2D eigenvalue weighted by Crippen LogP contribution is -2.29. The van der Waals surface area contributed by atoms with Crippen molar-refractivity contribution in [2.24, 2.45) is 12.8 Å². The van der Waals surface area contributed by atoms with Crippen molar-refractivity contribution in [3.05, 3.63) is 53.9 Å². The number of likely N-dealkylation sites (N-methyl/N-ethyl adjacent to an activating group) is 1. The van der Waals surface area contributed by atoms with Gasteiger partial charge in [-0.1, -0.05) is 30.3 Å². The molecule has 1 aromatic heterocycles. The highest BCUT2D eigenvalue weighted by Gasteiger charge is 2.16. The second-order valence-corrected chi connectivity index (χ2v) is 4.60. The third-order valence-corrected chi connectivity index (χ3v) is 3.14. The highest BCUT2D eigenvalue weighted by atomic mass is 15.2. The fraction of sp³-hybridized carbons (Fsp3) is 0.357. The van der Waals surface area contributed by atoms with Crippen LogP contribution < -0.4 is 5.73 Å². The highest BCUT2D eigenvalue weighted by molar-refractivity contribution is 5.16. The van der Waals surface area contributed by atoms with Gasteiger partial charge in [-0.2, -0.15) is 5.10 Å². The van der Waals surface area contributed by atoms with Crippen LogP contribution >= 0.6 is 0 Å². The zero-order valence-corrected chi connectivity index (χ0v) is 11.0. The van der Waals surface area contributed by atoms with E-state index in [2.05, 4.69) is 41.3 Å². The SMILES string of the molecule is CN(Cc1ccccc1)C(CN)c1cnn(C)c1. The smallest absolute Gasteiger partial charge is 0.0538 e. The first-order valence-electron chi connectivity index (χ1n) is 6.13. The summed E-state index contributed by atoms with van der Waals surface area (Å²) in [7, 11) is 4.02. The van der Waals surface area contributed by atoms with Crippen LogP contribution in [0.25, 0.3) is 0 Å². The molecule has 0 aliphatic heterocycles. The minimum atomic E-state index is 0.207. The van der Waals surface area contributed by atoms with Crippen LogP contribution in [0, 0.1) is 0 Å². The average Bonchev–Trinajstić information content (AvgIpc) is 2.78. The number of nitrogens with zero attached hydrogens (tertiary/aromatic N) is 3. The van der Waals surface area contributed by atoms with Gasteiger partial charge in [0.2, 0.25) is 0 Å². The second-order valence-electron chi connectivity index (χ2n) is 4.60. The standard InChI is InChI=1S/C14H20N4/c1-17(10-12-6-4-3-5-7-12)14(8-15)13-9-16-18(2)11-13/h3-7,9,11,14H,8,10,15H2,1-2H3. The van der Waals surface area contributed by atoms with Crippen LogP contribution in [0.1, 0.15) is 17.2 Å². The molecule has 4 nitrogen and oxygen atoms in total. The molecule has 2 rings (SSSR count). The van der Waals surface area contributed by atoms with Gasteiger partial charge in [-0.15, -0.1) is 0 Å². The maximum atomic E-state index is 5.89. The van der Waals surface area contributed by atoms with E-state index in [9.17, 15) is 0 Å². The fourth-order valence-electron chi connectivity index (χ4n) is 2.16. The first-order valence-corrected chi connectivity index (χ1v) is 6.13. The van der Waals surface area contributed by atoms with Gasteiger partial charge in [0.15, 0.2) is 0 Å². The Morgan fingerprint density at radius 3 is 2.61 bits per heavy atom. The molecule has 96 valence electrons. The van der Waals surface area contributed by atoms with Crippen LogP contribution in [0.3, 0.4) is 0 Å². The molecule has 2 N–H and O–H groups in total. The summed E-state index contributed by atoms with van der Waals surface area (Å²) in [6, 6.07) is 10.6. The molecule has 0 radical (unpaired) electrons. The molecule has 0 spiro atoms. The van der Waals surface area contributed by atoms with Crippen LogP contribution in [0.5, 0.6) is 0 Å². The Balaban J connectivity index is 2.08. The van der Waals surface area contributed by atoms with Crippen LogP contribution in [0.4, 0.5) is 0 Å². The lowest BCUT2D eigenvalue weighted by molar-refractivity contribution is 0.241. The number of hydrogen-bond acceptors (Lipinski definition) is 3. The summed E-state index contributed by atoms with van der Waals surface area (Å²) in [5.74, 6) is 0. The summed E-state index contributed by atoms with van der Waals surface area (Å²) < 4.78 is 1.81. The lowest BCUT2D eigenvalue weighted by Gasteiger charge is -2.26. The van der Waals surface area contributed by atoms with Gasteiger partial charge in [0.25, 0.3) is 0 Å². The monoisotopic (exact) mass is 244 g/mol. The largest absolute Gasteiger partial charge is 0.329 e. The molecule has 0 bridgehead atoms. The topological polar surface area (TPSA) is 47.1 Å². The number of rotatable bonds is 5. The maximum absolute atomic E-state index is 5.89. The third-order valence-electron chi connectivity index (χ3n) is 3.14. The molecule has 0 saturated heterocycles. The van der Waals surface area contributed by atoms with Gasteiger partial charge >= 0.3 is 0 Å². The minimum absolute atomic E-state index is 0.207. The van der Waals surface area contributed by atoms with Gasteiger partial charge in [0.05, 0.1) is 12.2 Å². The Hall–Kier alpha value is -1.65. The molecule has 0 saturated carbocycles. The van der Waals surface area contributed by atoms with Crippen molar-refractivity contribution in [1.29, 1.82) is 0 Å². The van der Waals surface area contributed by atoms with Gasteiger partial charge < -0.3 is 5.73 Å². The van der Waals surface area contributed by atoms with E-state index in [1.807, 2.05) is 30.2 Å². The molecule has 1 unspecified atom stereocenters. The van der Waals surface area contributed by atoms with E-state index in [4.69, 9.17) is 5.73 Å². The Bertz CT molecular complexity index is 478. The van der Waals surface area contributed by atoms with Gasteiger partial charge in [0, 0.05) is 31.9 Å². The van der Waals surface area contributed by atoms with E-state index < -0.39 is 0 Å². The molecule has 1 atom stereocenters. The quantitative estimate of drug-likeness (QED) is 0.868. The van der Waals surface area contributed by atoms with Crippen LogP contribution in [-0.2, 0) is 13.6 Å². The van der Waals surface area contributed by atoms with Crippen LogP contribution in [-0.4, -0.2) is 28.3 Å². The van der Waals surface area contributed by atoms with E-state index in [-0.39, 0.29) is 6.04 Å². The van der Waals surface area contributed by atoms with Crippen molar-refractivity contribution >= 4 is 0 Å². The number of nitrogens with two attached hydrogens (primary N) is 1. The Labute approximate surface area is 108 Å². The third kappa shape index (κ3) is 2.97. The predicted molar refractivity (Wildman–Crippen MR) is 72.9 cm³/mol. The first-order chi connectivity index (χ1) is 8.70. The number of aryl methyl sites for hydroxylation is 1. The molecule has 2 aromatic rings. The normalized spacial score (nSPS) is 12.9. The summed E-state index contributed by atoms with van der Waals surface area (Å²) in [6.07, 6.45) is 3.91. The molecule has 0 fully saturated rings. The highest BCUT2D eigenvalue weighted by Crippen LogP contribution is 2.19. The molecule has 1 aromatic carbocycles. The maximum Gasteiger partial charge on any atom is 0.0538 e. The predicted octanol–water partition coefficient (Wildman–Crippen LogP) is 1.55. The van der Waals surface area contributed by atoms with Crippen molar-refractivity contribution in [1.82, 2.24) is 14.7 Å². The van der Waals surface area contributed by atoms with Crippen molar-refractivity contribution in [2.75, 3.05) is 13.6 Å². The lowest BCUT2D eigenvalue weighted by atomic mass is 10.1. The Morgan fingerprint density at radius 2 is 2.06 bits per heavy atom. The zero-order valence-electron chi connectivity index (χ0n) is 11.0. The molecule has 18 heavy (non-hydrogen) atoms. The van der Waals surface area contributed by atoms with E-state index in [1.54, 1.807) is 0 Å². The first kappa shape index (κ1) is 12.8. The zero-order chi connectivity index (χ0) is 13.0. The average molecular weight is 244 g/mol. The number of benzene rings is 1. The summed E-state index contributed by atoms with van der Waals surface area (Å²) >= 11 is 0. The summed E-state index contributed by atoms with van der Waals surface area (Å²) in [5.41, 5.74) is 8.35. The van der Waals surface area contributed by atoms with Crippen molar-refractivity contribution in [3.8, 4) is 0 Å². The van der Waals surface area contributed by atoms with Crippen molar-refractivity contribution < 1.29 is 0 Å². The van der Waals surface area contributed by atoms with Gasteiger partial charge in [-0.05, 0) is 12.6 Å². The molecule has 4 heteroatoms. The molecule has 1 heterocycles. The Kier molecular flexibility index (Phi) is 4.12. The second kappa shape index (κ2) is 5.80. The fourth-order valence-corrected chi connectivity index (χ4v) is 2.16. The summed E-state index contributed by atoms with van der Waals surface area (Å²) in [6.45, 7) is 1.48. The minimum Gasteiger partial charge on any atom is -0.329 e. The summed E-state index contributed by atoms with van der Waals surface area (Å²) in [5, 5.41) is 4.21.